The van der Waals surface area contributed by atoms with Gasteiger partial charge in [0.05, 0.1) is 19.7 Å². The van der Waals surface area contributed by atoms with Crippen LogP contribution < -0.4 is 5.32 Å². The molecule has 4 heteroatoms. The Kier molecular flexibility index (Phi) is 6.39. The van der Waals surface area contributed by atoms with Crippen molar-refractivity contribution in [3.63, 3.8) is 0 Å². The van der Waals surface area contributed by atoms with Crippen molar-refractivity contribution in [3.05, 3.63) is 23.7 Å². The highest BCUT2D eigenvalue weighted by Crippen LogP contribution is 2.11. The Bertz CT molecular complexity index is 336. The molecule has 1 N–H and O–H groups in total. The summed E-state index contributed by atoms with van der Waals surface area (Å²) in [5, 5.41) is 3.34. The minimum Gasteiger partial charge on any atom is -0.463 e. The summed E-state index contributed by atoms with van der Waals surface area (Å²) >= 11 is 0. The maximum Gasteiger partial charge on any atom is 0.118 e. The zero-order chi connectivity index (χ0) is 13.5. The van der Waals surface area contributed by atoms with E-state index in [2.05, 4.69) is 38.0 Å². The highest BCUT2D eigenvalue weighted by atomic mass is 16.5. The van der Waals surface area contributed by atoms with Gasteiger partial charge >= 0.3 is 0 Å². The largest absolute Gasteiger partial charge is 0.463 e. The molecule has 0 amide bonds. The van der Waals surface area contributed by atoms with Crippen LogP contribution in [0.3, 0.4) is 0 Å². The van der Waals surface area contributed by atoms with Gasteiger partial charge in [-0.3, -0.25) is 4.90 Å². The predicted octanol–water partition coefficient (Wildman–Crippen LogP) is 2.24. The van der Waals surface area contributed by atoms with Gasteiger partial charge in [-0.2, -0.15) is 0 Å². The van der Waals surface area contributed by atoms with Crippen LogP contribution in [0.4, 0.5) is 0 Å². The van der Waals surface area contributed by atoms with E-state index in [-0.39, 0.29) is 0 Å². The molecule has 1 aromatic rings. The molecular weight excluding hydrogens is 228 g/mol. The van der Waals surface area contributed by atoms with E-state index in [1.807, 2.05) is 12.1 Å². The number of likely N-dealkylation sites (N-methyl/N-ethyl adjacent to an activating group) is 1. The first kappa shape index (κ1) is 15.2. The van der Waals surface area contributed by atoms with Crippen LogP contribution in [-0.4, -0.2) is 37.7 Å². The Labute approximate surface area is 110 Å². The maximum atomic E-state index is 5.79. The molecule has 0 bridgehead atoms. The van der Waals surface area contributed by atoms with Crippen molar-refractivity contribution in [1.82, 2.24) is 10.2 Å². The zero-order valence-corrected chi connectivity index (χ0v) is 12.2. The number of nitrogens with one attached hydrogen (secondary N) is 1. The highest BCUT2D eigenvalue weighted by Gasteiger charge is 2.11. The van der Waals surface area contributed by atoms with E-state index < -0.39 is 0 Å². The fraction of sp³-hybridized carbons (Fsp3) is 0.714. The predicted molar refractivity (Wildman–Crippen MR) is 73.5 cm³/mol. The summed E-state index contributed by atoms with van der Waals surface area (Å²) in [4.78, 5) is 2.22. The van der Waals surface area contributed by atoms with Crippen molar-refractivity contribution in [2.24, 2.45) is 0 Å². The summed E-state index contributed by atoms with van der Waals surface area (Å²) in [5.74, 6) is 1.99. The molecule has 0 aliphatic carbocycles. The van der Waals surface area contributed by atoms with Crippen LogP contribution in [0.1, 0.15) is 32.3 Å². The molecular formula is C14H26N2O2. The van der Waals surface area contributed by atoms with Crippen molar-refractivity contribution in [1.29, 1.82) is 0 Å². The molecule has 0 saturated carbocycles. The van der Waals surface area contributed by atoms with Gasteiger partial charge < -0.3 is 14.5 Å². The zero-order valence-electron chi connectivity index (χ0n) is 12.2. The van der Waals surface area contributed by atoms with Gasteiger partial charge in [0, 0.05) is 19.2 Å². The van der Waals surface area contributed by atoms with Gasteiger partial charge in [0.1, 0.15) is 11.5 Å². The van der Waals surface area contributed by atoms with Crippen LogP contribution >= 0.6 is 0 Å². The number of nitrogens with zero attached hydrogens (tertiary/aromatic N) is 1. The van der Waals surface area contributed by atoms with Crippen molar-refractivity contribution in [2.45, 2.75) is 45.9 Å². The Morgan fingerprint density at radius 2 is 1.94 bits per heavy atom. The van der Waals surface area contributed by atoms with Crippen LogP contribution in [0, 0.1) is 0 Å². The SMILES string of the molecule is COCC(C)N(C)Cc1ccc(CNC(C)C)o1. The summed E-state index contributed by atoms with van der Waals surface area (Å²) in [6.07, 6.45) is 0. The van der Waals surface area contributed by atoms with E-state index in [1.165, 1.54) is 0 Å². The summed E-state index contributed by atoms with van der Waals surface area (Å²) in [6.45, 7) is 8.74. The van der Waals surface area contributed by atoms with Crippen LogP contribution in [0.25, 0.3) is 0 Å². The first-order valence-corrected chi connectivity index (χ1v) is 6.53. The molecule has 0 fully saturated rings. The van der Waals surface area contributed by atoms with Gasteiger partial charge in [0.25, 0.3) is 0 Å². The number of ether oxygens (including phenoxy) is 1. The van der Waals surface area contributed by atoms with E-state index in [0.717, 1.165) is 31.2 Å². The van der Waals surface area contributed by atoms with E-state index in [4.69, 9.17) is 9.15 Å². The van der Waals surface area contributed by atoms with Crippen LogP contribution in [-0.2, 0) is 17.8 Å². The standard InChI is InChI=1S/C14H26N2O2/c1-11(2)15-8-13-6-7-14(18-13)9-16(4)12(3)10-17-5/h6-7,11-12,15H,8-10H2,1-5H3. The second-order valence-electron chi connectivity index (χ2n) is 5.12. The molecule has 1 aromatic heterocycles. The summed E-state index contributed by atoms with van der Waals surface area (Å²) < 4.78 is 10.9. The third kappa shape index (κ3) is 5.21. The molecule has 18 heavy (non-hydrogen) atoms. The number of rotatable bonds is 8. The molecule has 4 nitrogen and oxygen atoms in total. The van der Waals surface area contributed by atoms with Gasteiger partial charge in [-0.05, 0) is 26.1 Å². The molecule has 104 valence electrons. The molecule has 0 saturated heterocycles. The fourth-order valence-electron chi connectivity index (χ4n) is 1.68. The van der Waals surface area contributed by atoms with Crippen LogP contribution in [0.5, 0.6) is 0 Å². The monoisotopic (exact) mass is 254 g/mol. The van der Waals surface area contributed by atoms with Crippen molar-refractivity contribution in [3.8, 4) is 0 Å². The van der Waals surface area contributed by atoms with Crippen LogP contribution in [0.15, 0.2) is 16.5 Å². The van der Waals surface area contributed by atoms with Gasteiger partial charge in [0.15, 0.2) is 0 Å². The third-order valence-electron chi connectivity index (χ3n) is 2.97. The Morgan fingerprint density at radius 3 is 2.56 bits per heavy atom. The Balaban J connectivity index is 2.43. The summed E-state index contributed by atoms with van der Waals surface area (Å²) in [7, 11) is 3.81. The second kappa shape index (κ2) is 7.56. The summed E-state index contributed by atoms with van der Waals surface area (Å²) in [5.41, 5.74) is 0. The Morgan fingerprint density at radius 1 is 1.28 bits per heavy atom. The smallest absolute Gasteiger partial charge is 0.118 e. The first-order chi connectivity index (χ1) is 8.52. The molecule has 0 aliphatic heterocycles. The lowest BCUT2D eigenvalue weighted by Crippen LogP contribution is -2.32. The molecule has 1 unspecified atom stereocenters. The first-order valence-electron chi connectivity index (χ1n) is 6.53. The second-order valence-corrected chi connectivity index (χ2v) is 5.12. The lowest BCUT2D eigenvalue weighted by molar-refractivity contribution is 0.107. The van der Waals surface area contributed by atoms with Crippen LogP contribution in [0.2, 0.25) is 0 Å². The average Bonchev–Trinajstić information content (AvgIpc) is 2.74. The van der Waals surface area contributed by atoms with E-state index in [9.17, 15) is 0 Å². The van der Waals surface area contributed by atoms with Gasteiger partial charge in [-0.25, -0.2) is 0 Å². The minimum atomic E-state index is 0.386. The molecule has 1 atom stereocenters. The lowest BCUT2D eigenvalue weighted by atomic mass is 10.3. The van der Waals surface area contributed by atoms with E-state index in [1.54, 1.807) is 7.11 Å². The minimum absolute atomic E-state index is 0.386. The van der Waals surface area contributed by atoms with Crippen molar-refractivity contribution >= 4 is 0 Å². The quantitative estimate of drug-likeness (QED) is 0.772. The van der Waals surface area contributed by atoms with E-state index in [0.29, 0.717) is 12.1 Å². The molecule has 1 rings (SSSR count). The number of methoxy groups -OCH3 is 1. The van der Waals surface area contributed by atoms with Gasteiger partial charge in [0.2, 0.25) is 0 Å². The molecule has 0 spiro atoms. The molecule has 0 aliphatic rings. The summed E-state index contributed by atoms with van der Waals surface area (Å²) in [6, 6.07) is 4.95. The van der Waals surface area contributed by atoms with Gasteiger partial charge in [-0.1, -0.05) is 13.8 Å². The maximum absolute atomic E-state index is 5.79. The molecule has 0 aromatic carbocycles. The lowest BCUT2D eigenvalue weighted by Gasteiger charge is -2.22. The number of furan rings is 1. The number of hydrogen-bond acceptors (Lipinski definition) is 4. The van der Waals surface area contributed by atoms with E-state index >= 15 is 0 Å². The highest BCUT2D eigenvalue weighted by molar-refractivity contribution is 5.07. The number of hydrogen-bond donors (Lipinski definition) is 1. The van der Waals surface area contributed by atoms with Crippen molar-refractivity contribution in [2.75, 3.05) is 20.8 Å². The third-order valence-corrected chi connectivity index (χ3v) is 2.97. The molecule has 0 radical (unpaired) electrons. The fourth-order valence-corrected chi connectivity index (χ4v) is 1.68. The Hall–Kier alpha value is -0.840. The van der Waals surface area contributed by atoms with Gasteiger partial charge in [-0.15, -0.1) is 0 Å². The van der Waals surface area contributed by atoms with Crippen molar-refractivity contribution < 1.29 is 9.15 Å². The molecule has 1 heterocycles. The normalized spacial score (nSPS) is 13.5. The topological polar surface area (TPSA) is 37.6 Å². The average molecular weight is 254 g/mol.